The lowest BCUT2D eigenvalue weighted by atomic mass is 10.0. The molecule has 2 aromatic rings. The van der Waals surface area contributed by atoms with Crippen LogP contribution in [0.15, 0.2) is 40.9 Å². The van der Waals surface area contributed by atoms with E-state index >= 15 is 0 Å². The van der Waals surface area contributed by atoms with Gasteiger partial charge in [0, 0.05) is 4.47 Å². The predicted molar refractivity (Wildman–Crippen MR) is 98.1 cm³/mol. The number of rotatable bonds is 5. The molecule has 0 radical (unpaired) electrons. The molecule has 0 saturated heterocycles. The minimum Gasteiger partial charge on any atom is -0.455 e. The summed E-state index contributed by atoms with van der Waals surface area (Å²) < 4.78 is 5.84. The summed E-state index contributed by atoms with van der Waals surface area (Å²) in [6.45, 7) is 5.68. The second-order valence-electron chi connectivity index (χ2n) is 5.79. The number of hydrogen-bond acceptors (Lipinski definition) is 3. The first-order chi connectivity index (χ1) is 11.3. The molecule has 126 valence electrons. The van der Waals surface area contributed by atoms with Gasteiger partial charge in [0.05, 0.1) is 12.1 Å². The molecule has 0 spiro atoms. The van der Waals surface area contributed by atoms with Gasteiger partial charge in [0.15, 0.2) is 6.61 Å². The van der Waals surface area contributed by atoms with Gasteiger partial charge in [0.25, 0.3) is 5.91 Å². The van der Waals surface area contributed by atoms with Crippen molar-refractivity contribution >= 4 is 33.5 Å². The highest BCUT2D eigenvalue weighted by molar-refractivity contribution is 9.10. The minimum absolute atomic E-state index is 0.155. The summed E-state index contributed by atoms with van der Waals surface area (Å²) in [5.41, 5.74) is 4.91. The van der Waals surface area contributed by atoms with E-state index in [0.717, 1.165) is 21.2 Å². The topological polar surface area (TPSA) is 55.4 Å². The maximum absolute atomic E-state index is 11.9. The van der Waals surface area contributed by atoms with Crippen LogP contribution in [-0.2, 0) is 20.7 Å². The summed E-state index contributed by atoms with van der Waals surface area (Å²) in [6, 6.07) is 11.4. The highest BCUT2D eigenvalue weighted by Gasteiger charge is 2.10. The van der Waals surface area contributed by atoms with Crippen LogP contribution < -0.4 is 5.32 Å². The summed E-state index contributed by atoms with van der Waals surface area (Å²) >= 11 is 3.39. The predicted octanol–water partition coefficient (Wildman–Crippen LogP) is 4.10. The largest absolute Gasteiger partial charge is 0.455 e. The van der Waals surface area contributed by atoms with Crippen LogP contribution in [0.5, 0.6) is 0 Å². The third-order valence-corrected chi connectivity index (χ3v) is 4.34. The number of carbonyl (C=O) groups is 2. The third kappa shape index (κ3) is 5.20. The molecule has 0 aliphatic rings. The van der Waals surface area contributed by atoms with Crippen LogP contribution in [0.3, 0.4) is 0 Å². The van der Waals surface area contributed by atoms with Crippen molar-refractivity contribution in [1.82, 2.24) is 0 Å². The average molecular weight is 390 g/mol. The standard InChI is InChI=1S/C19H20BrNO3/c1-12-4-7-17(16(20)8-12)21-18(22)11-24-19(23)10-15-6-5-13(2)14(3)9-15/h4-9H,10-11H2,1-3H3,(H,21,22). The number of benzene rings is 2. The Morgan fingerprint density at radius 3 is 2.46 bits per heavy atom. The second-order valence-corrected chi connectivity index (χ2v) is 6.64. The molecule has 0 aliphatic carbocycles. The smallest absolute Gasteiger partial charge is 0.310 e. The SMILES string of the molecule is Cc1ccc(NC(=O)COC(=O)Cc2ccc(C)c(C)c2)c(Br)c1. The fourth-order valence-corrected chi connectivity index (χ4v) is 2.78. The third-order valence-electron chi connectivity index (χ3n) is 3.68. The Morgan fingerprint density at radius 1 is 1.04 bits per heavy atom. The van der Waals surface area contributed by atoms with Crippen LogP contribution in [0.25, 0.3) is 0 Å². The summed E-state index contributed by atoms with van der Waals surface area (Å²) in [6.07, 6.45) is 0.155. The summed E-state index contributed by atoms with van der Waals surface area (Å²) in [4.78, 5) is 23.8. The molecular weight excluding hydrogens is 370 g/mol. The maximum Gasteiger partial charge on any atom is 0.310 e. The maximum atomic E-state index is 11.9. The van der Waals surface area contributed by atoms with E-state index in [1.54, 1.807) is 6.07 Å². The number of hydrogen-bond donors (Lipinski definition) is 1. The first-order valence-electron chi connectivity index (χ1n) is 7.63. The quantitative estimate of drug-likeness (QED) is 0.783. The molecule has 4 nitrogen and oxygen atoms in total. The molecule has 1 amide bonds. The van der Waals surface area contributed by atoms with Gasteiger partial charge in [0.1, 0.15) is 0 Å². The van der Waals surface area contributed by atoms with Crippen molar-refractivity contribution in [2.24, 2.45) is 0 Å². The van der Waals surface area contributed by atoms with Crippen LogP contribution >= 0.6 is 15.9 Å². The zero-order valence-electron chi connectivity index (χ0n) is 14.0. The molecule has 0 aromatic heterocycles. The number of nitrogens with one attached hydrogen (secondary N) is 1. The van der Waals surface area contributed by atoms with E-state index in [-0.39, 0.29) is 18.9 Å². The van der Waals surface area contributed by atoms with Gasteiger partial charge in [-0.25, -0.2) is 0 Å². The van der Waals surface area contributed by atoms with E-state index in [1.807, 2.05) is 51.1 Å². The molecule has 24 heavy (non-hydrogen) atoms. The minimum atomic E-state index is -0.420. The fraction of sp³-hybridized carbons (Fsp3) is 0.263. The molecule has 0 fully saturated rings. The number of halogens is 1. The van der Waals surface area contributed by atoms with Crippen LogP contribution in [0.4, 0.5) is 5.69 Å². The number of esters is 1. The van der Waals surface area contributed by atoms with Gasteiger partial charge in [-0.05, 0) is 71.1 Å². The van der Waals surface area contributed by atoms with Crippen molar-refractivity contribution in [3.8, 4) is 0 Å². The van der Waals surface area contributed by atoms with Gasteiger partial charge in [-0.1, -0.05) is 24.3 Å². The zero-order chi connectivity index (χ0) is 17.7. The Hall–Kier alpha value is -2.14. The summed E-state index contributed by atoms with van der Waals surface area (Å²) in [5, 5.41) is 2.71. The second kappa shape index (κ2) is 8.11. The fourth-order valence-electron chi connectivity index (χ4n) is 2.19. The number of amides is 1. The first kappa shape index (κ1) is 18.2. The Balaban J connectivity index is 1.84. The van der Waals surface area contributed by atoms with Gasteiger partial charge in [0.2, 0.25) is 0 Å². The van der Waals surface area contributed by atoms with Crippen molar-refractivity contribution in [3.05, 3.63) is 63.1 Å². The molecule has 0 atom stereocenters. The zero-order valence-corrected chi connectivity index (χ0v) is 15.6. The Labute approximate surface area is 150 Å². The first-order valence-corrected chi connectivity index (χ1v) is 8.42. The molecular formula is C19H20BrNO3. The van der Waals surface area contributed by atoms with Crippen molar-refractivity contribution in [2.75, 3.05) is 11.9 Å². The van der Waals surface area contributed by atoms with E-state index in [9.17, 15) is 9.59 Å². The van der Waals surface area contributed by atoms with Crippen LogP contribution in [0.1, 0.15) is 22.3 Å². The molecule has 0 bridgehead atoms. The summed E-state index contributed by atoms with van der Waals surface area (Å²) in [7, 11) is 0. The lowest BCUT2D eigenvalue weighted by Crippen LogP contribution is -2.21. The number of anilines is 1. The normalized spacial score (nSPS) is 10.3. The van der Waals surface area contributed by atoms with E-state index in [1.165, 1.54) is 5.56 Å². The number of ether oxygens (including phenoxy) is 1. The van der Waals surface area contributed by atoms with Crippen molar-refractivity contribution in [1.29, 1.82) is 0 Å². The number of aryl methyl sites for hydroxylation is 3. The molecule has 1 N–H and O–H groups in total. The van der Waals surface area contributed by atoms with E-state index in [4.69, 9.17) is 4.74 Å². The Kier molecular flexibility index (Phi) is 6.15. The van der Waals surface area contributed by atoms with Crippen molar-refractivity contribution in [2.45, 2.75) is 27.2 Å². The Bertz CT molecular complexity index is 771. The van der Waals surface area contributed by atoms with Crippen LogP contribution in [-0.4, -0.2) is 18.5 Å². The molecule has 0 heterocycles. The Morgan fingerprint density at radius 2 is 1.79 bits per heavy atom. The van der Waals surface area contributed by atoms with Crippen LogP contribution in [0, 0.1) is 20.8 Å². The van der Waals surface area contributed by atoms with Gasteiger partial charge >= 0.3 is 5.97 Å². The van der Waals surface area contributed by atoms with E-state index in [0.29, 0.717) is 5.69 Å². The lowest BCUT2D eigenvalue weighted by molar-refractivity contribution is -0.146. The molecule has 0 saturated carbocycles. The lowest BCUT2D eigenvalue weighted by Gasteiger charge is -2.09. The van der Waals surface area contributed by atoms with E-state index in [2.05, 4.69) is 21.2 Å². The molecule has 0 unspecified atom stereocenters. The van der Waals surface area contributed by atoms with Crippen molar-refractivity contribution < 1.29 is 14.3 Å². The van der Waals surface area contributed by atoms with Gasteiger partial charge < -0.3 is 10.1 Å². The van der Waals surface area contributed by atoms with Gasteiger partial charge in [-0.3, -0.25) is 9.59 Å². The summed E-state index contributed by atoms with van der Waals surface area (Å²) in [5.74, 6) is -0.788. The molecule has 2 rings (SSSR count). The monoisotopic (exact) mass is 389 g/mol. The van der Waals surface area contributed by atoms with E-state index < -0.39 is 5.97 Å². The molecule has 2 aromatic carbocycles. The molecule has 0 aliphatic heterocycles. The average Bonchev–Trinajstić information content (AvgIpc) is 2.52. The van der Waals surface area contributed by atoms with Crippen LogP contribution in [0.2, 0.25) is 0 Å². The molecule has 5 heteroatoms. The van der Waals surface area contributed by atoms with Gasteiger partial charge in [-0.15, -0.1) is 0 Å². The highest BCUT2D eigenvalue weighted by Crippen LogP contribution is 2.23. The van der Waals surface area contributed by atoms with Gasteiger partial charge in [-0.2, -0.15) is 0 Å². The highest BCUT2D eigenvalue weighted by atomic mass is 79.9. The number of carbonyl (C=O) groups excluding carboxylic acids is 2. The van der Waals surface area contributed by atoms with Crippen molar-refractivity contribution in [3.63, 3.8) is 0 Å².